The van der Waals surface area contributed by atoms with Gasteiger partial charge in [0.15, 0.2) is 18.4 Å². The van der Waals surface area contributed by atoms with Gasteiger partial charge in [-0.25, -0.2) is 4.57 Å². The summed E-state index contributed by atoms with van der Waals surface area (Å²) in [6.07, 6.45) is -2.96. The van der Waals surface area contributed by atoms with Crippen molar-refractivity contribution in [1.29, 1.82) is 0 Å². The number of cyclic esters (lactones) is 1. The van der Waals surface area contributed by atoms with Gasteiger partial charge < -0.3 is 78.1 Å². The standard InChI is InChI=1S/C46H80N2O13.H3O4P/c1-13-36-33(24-57-46-44(56-12)43(55-11)40(53)31(8)59-46)19-25(2)14-15-34(49)28(5)20-32(16-17-48-22-26(3)18-27(4)23-48)42(29(6)35(50)21-37(51)60-36)61-45-41(54)38(47(9)10)39(52)30(7)58-45;1-5(2,3)4/h14-15,19,26-33,35-36,38-46,50,52-54H,13,16-18,20-24H2,1-12H3;(H3,1,2,3,4)/b15-14+,25-19+;/t26-,27+,28-,29+,30-,31-,32+,33-,35-,36-,38+,39-,40-,41-,42-,43-,44-,45+,46-;/m1./s1. The number of ketones is 1. The monoisotopic (exact) mass is 967 g/mol. The third-order valence-electron chi connectivity index (χ3n) is 13.5. The maximum absolute atomic E-state index is 14.0. The number of likely N-dealkylation sites (tertiary alicyclic amines) is 1. The first-order chi connectivity index (χ1) is 30.8. The molecule has 4 heterocycles. The third kappa shape index (κ3) is 17.6. The average molecular weight is 967 g/mol. The number of aliphatic hydroxyl groups is 4. The Morgan fingerprint density at radius 1 is 0.818 bits per heavy atom. The number of carbonyl (C=O) groups excluding carboxylic acids is 2. The number of rotatable bonds is 12. The predicted octanol–water partition coefficient (Wildman–Crippen LogP) is 2.41. The smallest absolute Gasteiger partial charge is 0.462 e. The van der Waals surface area contributed by atoms with E-state index in [1.165, 1.54) is 20.6 Å². The molecule has 0 amide bonds. The van der Waals surface area contributed by atoms with Gasteiger partial charge in [-0.1, -0.05) is 52.3 Å². The number of ether oxygens (including phenoxy) is 7. The molecule has 20 heteroatoms. The molecule has 384 valence electrons. The number of carbonyl (C=O) groups is 2. The fourth-order valence-corrected chi connectivity index (χ4v) is 10.0. The number of piperidine rings is 1. The van der Waals surface area contributed by atoms with Crippen LogP contribution in [0.4, 0.5) is 0 Å². The van der Waals surface area contributed by atoms with Gasteiger partial charge in [-0.2, -0.15) is 0 Å². The van der Waals surface area contributed by atoms with E-state index in [9.17, 15) is 30.0 Å². The Balaban J connectivity index is 0.00000219. The number of likely N-dealkylation sites (N-methyl/N-ethyl adjacent to an activating group) is 1. The van der Waals surface area contributed by atoms with Crippen LogP contribution >= 0.6 is 7.82 Å². The van der Waals surface area contributed by atoms with Gasteiger partial charge in [-0.15, -0.1) is 0 Å². The van der Waals surface area contributed by atoms with Crippen molar-refractivity contribution in [3.63, 3.8) is 0 Å². The van der Waals surface area contributed by atoms with E-state index in [4.69, 9.17) is 52.4 Å². The van der Waals surface area contributed by atoms with Gasteiger partial charge in [0.05, 0.1) is 49.6 Å². The van der Waals surface area contributed by atoms with Crippen LogP contribution in [-0.2, 0) is 47.3 Å². The van der Waals surface area contributed by atoms with E-state index in [-0.39, 0.29) is 24.7 Å². The molecule has 66 heavy (non-hydrogen) atoms. The summed E-state index contributed by atoms with van der Waals surface area (Å²) >= 11 is 0. The average Bonchev–Trinajstić information content (AvgIpc) is 3.22. The zero-order valence-corrected chi connectivity index (χ0v) is 42.0. The lowest BCUT2D eigenvalue weighted by molar-refractivity contribution is -0.304. The van der Waals surface area contributed by atoms with E-state index in [1.54, 1.807) is 45.0 Å². The van der Waals surface area contributed by atoms with Gasteiger partial charge in [0.25, 0.3) is 0 Å². The maximum atomic E-state index is 14.0. The number of phosphoric acid groups is 1. The summed E-state index contributed by atoms with van der Waals surface area (Å²) in [5.41, 5.74) is 0.761. The summed E-state index contributed by atoms with van der Waals surface area (Å²) in [5.74, 6) is -1.46. The zero-order chi connectivity index (χ0) is 49.8. The van der Waals surface area contributed by atoms with Gasteiger partial charge in [0.1, 0.15) is 30.5 Å². The fourth-order valence-electron chi connectivity index (χ4n) is 10.0. The van der Waals surface area contributed by atoms with Crippen molar-refractivity contribution >= 4 is 19.6 Å². The van der Waals surface area contributed by atoms with Crippen molar-refractivity contribution in [3.05, 3.63) is 23.8 Å². The number of aliphatic hydroxyl groups excluding tert-OH is 4. The van der Waals surface area contributed by atoms with Gasteiger partial charge >= 0.3 is 13.8 Å². The molecule has 3 fully saturated rings. The van der Waals surface area contributed by atoms with Gasteiger partial charge in [0.2, 0.25) is 0 Å². The second-order valence-electron chi connectivity index (χ2n) is 19.5. The fraction of sp³-hybridized carbons (Fsp3) is 0.870. The molecule has 0 spiro atoms. The summed E-state index contributed by atoms with van der Waals surface area (Å²) in [6.45, 7) is 18.2. The van der Waals surface area contributed by atoms with Crippen LogP contribution in [0, 0.1) is 35.5 Å². The van der Waals surface area contributed by atoms with Crippen molar-refractivity contribution in [2.24, 2.45) is 35.5 Å². The number of nitrogens with zero attached hydrogens (tertiary/aromatic N) is 2. The largest absolute Gasteiger partial charge is 0.466 e. The minimum Gasteiger partial charge on any atom is -0.462 e. The van der Waals surface area contributed by atoms with E-state index >= 15 is 0 Å². The second-order valence-corrected chi connectivity index (χ2v) is 20.5. The molecule has 3 saturated heterocycles. The molecule has 0 aliphatic carbocycles. The summed E-state index contributed by atoms with van der Waals surface area (Å²) in [7, 11) is 1.90. The minimum atomic E-state index is -4.64. The second kappa shape index (κ2) is 27.0. The van der Waals surface area contributed by atoms with Crippen molar-refractivity contribution in [3.8, 4) is 0 Å². The van der Waals surface area contributed by atoms with E-state index in [0.717, 1.165) is 25.2 Å². The first kappa shape index (κ1) is 58.6. The third-order valence-corrected chi connectivity index (χ3v) is 13.5. The van der Waals surface area contributed by atoms with Crippen LogP contribution in [0.3, 0.4) is 0 Å². The lowest BCUT2D eigenvalue weighted by atomic mass is 9.79. The van der Waals surface area contributed by atoms with Crippen LogP contribution in [0.25, 0.3) is 0 Å². The molecule has 19 atom stereocenters. The van der Waals surface area contributed by atoms with Gasteiger partial charge in [-0.3, -0.25) is 9.59 Å². The molecule has 19 nitrogen and oxygen atoms in total. The quantitative estimate of drug-likeness (QED) is 0.109. The molecular weight excluding hydrogens is 883 g/mol. The van der Waals surface area contributed by atoms with Crippen molar-refractivity contribution in [2.75, 3.05) is 54.6 Å². The molecule has 4 aliphatic rings. The van der Waals surface area contributed by atoms with Crippen LogP contribution in [0.1, 0.15) is 87.5 Å². The molecule has 0 unspecified atom stereocenters. The number of hydrogen-bond donors (Lipinski definition) is 7. The highest BCUT2D eigenvalue weighted by Gasteiger charge is 2.48. The van der Waals surface area contributed by atoms with Crippen LogP contribution in [0.5, 0.6) is 0 Å². The Labute approximate surface area is 392 Å². The summed E-state index contributed by atoms with van der Waals surface area (Å²) in [4.78, 5) is 53.6. The maximum Gasteiger partial charge on any atom is 0.466 e. The van der Waals surface area contributed by atoms with Crippen molar-refractivity contribution in [2.45, 2.75) is 167 Å². The Bertz CT molecular complexity index is 1580. The lowest BCUT2D eigenvalue weighted by Gasteiger charge is -2.47. The van der Waals surface area contributed by atoms with Crippen molar-refractivity contribution < 1.29 is 82.4 Å². The van der Waals surface area contributed by atoms with Crippen LogP contribution in [-0.4, -0.2) is 191 Å². The minimum absolute atomic E-state index is 0.0427. The number of hydrogen-bond acceptors (Lipinski definition) is 16. The van der Waals surface area contributed by atoms with E-state index in [2.05, 4.69) is 18.7 Å². The van der Waals surface area contributed by atoms with Crippen molar-refractivity contribution in [1.82, 2.24) is 9.80 Å². The zero-order valence-electron chi connectivity index (χ0n) is 41.1. The normalized spacial score (nSPS) is 41.9. The van der Waals surface area contributed by atoms with E-state index < -0.39 is 111 Å². The number of methoxy groups -OCH3 is 2. The topological polar surface area (TPSA) is 264 Å². The first-order valence-corrected chi connectivity index (χ1v) is 25.0. The van der Waals surface area contributed by atoms with Crippen LogP contribution in [0.15, 0.2) is 23.8 Å². The molecule has 0 aromatic carbocycles. The Kier molecular flexibility index (Phi) is 24.0. The Hall–Kier alpha value is -1.75. The molecule has 0 radical (unpaired) electrons. The molecule has 0 aromatic heterocycles. The number of esters is 1. The molecule has 7 N–H and O–H groups in total. The molecular formula is C46H83N2O17P. The molecule has 0 saturated carbocycles. The lowest BCUT2D eigenvalue weighted by Crippen LogP contribution is -2.63. The summed E-state index contributed by atoms with van der Waals surface area (Å²) < 4.78 is 51.5. The van der Waals surface area contributed by atoms with Gasteiger partial charge in [0, 0.05) is 45.1 Å². The SMILES string of the molecule is CC[C@H]1OC(=O)C[C@@H](O)[C@H](C)[C@@H](O[C@@H]2O[C@H](C)[C@@H](O)[C@H](N(C)C)[C@H]2O)[C@@H](CCN2C[C@H](C)C[C@H](C)C2)C[C@@H](C)C(=O)/C=C/C(C)=C/[C@@H]1CO[C@@H]1O[C@H](C)[C@@H](O)[C@@H](OC)[C@H]1OC.O=P(O)(O)O. The van der Waals surface area contributed by atoms with E-state index in [1.807, 2.05) is 33.8 Å². The summed E-state index contributed by atoms with van der Waals surface area (Å²) in [6, 6.07) is -0.684. The van der Waals surface area contributed by atoms with Crippen LogP contribution < -0.4 is 0 Å². The first-order valence-electron chi connectivity index (χ1n) is 23.4. The number of allylic oxidation sites excluding steroid dienone is 3. The van der Waals surface area contributed by atoms with Crippen LogP contribution in [0.2, 0.25) is 0 Å². The molecule has 4 aliphatic heterocycles. The molecule has 0 aromatic rings. The highest BCUT2D eigenvalue weighted by molar-refractivity contribution is 7.45. The summed E-state index contributed by atoms with van der Waals surface area (Å²) in [5, 5.41) is 45.3. The Morgan fingerprint density at radius 3 is 1.95 bits per heavy atom. The molecule has 0 bridgehead atoms. The van der Waals surface area contributed by atoms with E-state index in [0.29, 0.717) is 31.1 Å². The highest BCUT2D eigenvalue weighted by Crippen LogP contribution is 2.36. The molecule has 4 rings (SSSR count). The Morgan fingerprint density at radius 2 is 1.39 bits per heavy atom. The highest BCUT2D eigenvalue weighted by atomic mass is 31.2. The predicted molar refractivity (Wildman–Crippen MR) is 243 cm³/mol. The van der Waals surface area contributed by atoms with Gasteiger partial charge in [-0.05, 0) is 90.9 Å².